The molecule has 0 atom stereocenters. The predicted octanol–water partition coefficient (Wildman–Crippen LogP) is 2.90. The van der Waals surface area contributed by atoms with Crippen molar-refractivity contribution >= 4 is 55.3 Å². The fourth-order valence-corrected chi connectivity index (χ4v) is 4.18. The number of hydrogen-bond acceptors (Lipinski definition) is 5. The van der Waals surface area contributed by atoms with Gasteiger partial charge in [0.25, 0.3) is 10.0 Å². The maximum atomic E-state index is 12.4. The third-order valence-electron chi connectivity index (χ3n) is 2.40. The zero-order chi connectivity index (χ0) is 14.3. The molecule has 3 rings (SSSR count). The largest absolute Gasteiger partial charge is 0.282 e. The van der Waals surface area contributed by atoms with Crippen LogP contribution in [-0.2, 0) is 10.0 Å². The number of imidazole rings is 1. The Hall–Kier alpha value is -1.35. The first-order chi connectivity index (χ1) is 9.47. The van der Waals surface area contributed by atoms with Crippen molar-refractivity contribution in [3.05, 3.63) is 40.1 Å². The number of thiazole rings is 1. The molecule has 0 fully saturated rings. The van der Waals surface area contributed by atoms with Gasteiger partial charge in [0.15, 0.2) is 15.1 Å². The van der Waals surface area contributed by atoms with Crippen LogP contribution in [0.1, 0.15) is 0 Å². The number of nitrogens with one attached hydrogen (secondary N) is 1. The predicted molar refractivity (Wildman–Crippen MR) is 78.1 cm³/mol. The maximum Gasteiger partial charge on any atom is 0.282 e. The van der Waals surface area contributed by atoms with Gasteiger partial charge in [0.1, 0.15) is 5.82 Å². The molecule has 0 aliphatic heterocycles. The Balaban J connectivity index is 2.05. The zero-order valence-corrected chi connectivity index (χ0v) is 12.8. The van der Waals surface area contributed by atoms with Gasteiger partial charge in [-0.1, -0.05) is 23.2 Å². The molecule has 0 saturated heterocycles. The Labute approximate surface area is 128 Å². The number of rotatable bonds is 3. The van der Waals surface area contributed by atoms with Crippen LogP contribution in [0, 0.1) is 0 Å². The topological polar surface area (TPSA) is 76.4 Å². The Morgan fingerprint density at radius 3 is 2.80 bits per heavy atom. The van der Waals surface area contributed by atoms with Gasteiger partial charge < -0.3 is 0 Å². The summed E-state index contributed by atoms with van der Waals surface area (Å²) in [6.45, 7) is 0. The molecule has 3 aromatic heterocycles. The van der Waals surface area contributed by atoms with Gasteiger partial charge in [-0.2, -0.15) is 8.42 Å². The van der Waals surface area contributed by atoms with Crippen LogP contribution in [0.3, 0.4) is 0 Å². The first-order valence-corrected chi connectivity index (χ1v) is 8.35. The number of sulfonamides is 1. The van der Waals surface area contributed by atoms with Crippen LogP contribution in [0.2, 0.25) is 10.2 Å². The van der Waals surface area contributed by atoms with E-state index in [0.717, 1.165) is 0 Å². The minimum atomic E-state index is -3.89. The third-order valence-corrected chi connectivity index (χ3v) is 5.13. The van der Waals surface area contributed by atoms with Gasteiger partial charge in [0.2, 0.25) is 0 Å². The lowest BCUT2D eigenvalue weighted by atomic mass is 10.5. The van der Waals surface area contributed by atoms with Gasteiger partial charge >= 0.3 is 0 Å². The van der Waals surface area contributed by atoms with Crippen LogP contribution in [0.25, 0.3) is 4.96 Å². The highest BCUT2D eigenvalue weighted by molar-refractivity contribution is 7.92. The first kappa shape index (κ1) is 13.6. The van der Waals surface area contributed by atoms with E-state index in [2.05, 4.69) is 14.7 Å². The highest BCUT2D eigenvalue weighted by Gasteiger charge is 2.25. The summed E-state index contributed by atoms with van der Waals surface area (Å²) < 4.78 is 28.5. The summed E-state index contributed by atoms with van der Waals surface area (Å²) in [5.74, 6) is 0.149. The standard InChI is InChI=1S/C10H6Cl2N4O2S2/c11-6-1-2-7(13-5-6)15-20(17,18)9-8(12)14-10-16(9)3-4-19-10/h1-5H,(H,13,15). The lowest BCUT2D eigenvalue weighted by Gasteiger charge is -2.06. The molecule has 0 saturated carbocycles. The average Bonchev–Trinajstić information content (AvgIpc) is 2.91. The van der Waals surface area contributed by atoms with Crippen molar-refractivity contribution in [2.45, 2.75) is 5.03 Å². The minimum Gasteiger partial charge on any atom is -0.278 e. The van der Waals surface area contributed by atoms with E-state index in [4.69, 9.17) is 23.2 Å². The van der Waals surface area contributed by atoms with E-state index in [9.17, 15) is 8.42 Å². The minimum absolute atomic E-state index is 0.0849. The quantitative estimate of drug-likeness (QED) is 0.789. The first-order valence-electron chi connectivity index (χ1n) is 5.23. The highest BCUT2D eigenvalue weighted by atomic mass is 35.5. The monoisotopic (exact) mass is 348 g/mol. The number of aromatic nitrogens is 3. The number of fused-ring (bicyclic) bond motifs is 1. The Bertz CT molecular complexity index is 870. The third kappa shape index (κ3) is 2.35. The SMILES string of the molecule is O=S(=O)(Nc1ccc(Cl)cn1)c1c(Cl)nc2sccn12. The molecule has 0 bridgehead atoms. The van der Waals surface area contributed by atoms with Crippen molar-refractivity contribution in [3.63, 3.8) is 0 Å². The molecule has 3 heterocycles. The lowest BCUT2D eigenvalue weighted by Crippen LogP contribution is -2.16. The Kier molecular flexibility index (Phi) is 3.33. The van der Waals surface area contributed by atoms with Crippen molar-refractivity contribution in [1.29, 1.82) is 0 Å². The van der Waals surface area contributed by atoms with E-state index in [1.165, 1.54) is 34.1 Å². The molecular weight excluding hydrogens is 343 g/mol. The van der Waals surface area contributed by atoms with Crippen molar-refractivity contribution < 1.29 is 8.42 Å². The van der Waals surface area contributed by atoms with E-state index in [1.807, 2.05) is 0 Å². The average molecular weight is 349 g/mol. The molecule has 0 aromatic carbocycles. The summed E-state index contributed by atoms with van der Waals surface area (Å²) in [5.41, 5.74) is 0. The molecule has 10 heteroatoms. The fourth-order valence-electron chi connectivity index (χ4n) is 1.60. The molecule has 1 N–H and O–H groups in total. The number of pyridine rings is 1. The summed E-state index contributed by atoms with van der Waals surface area (Å²) in [7, 11) is -3.89. The van der Waals surface area contributed by atoms with Crippen molar-refractivity contribution in [1.82, 2.24) is 14.4 Å². The van der Waals surface area contributed by atoms with Gasteiger partial charge in [-0.05, 0) is 12.1 Å². The van der Waals surface area contributed by atoms with Crippen LogP contribution in [0.5, 0.6) is 0 Å². The second kappa shape index (κ2) is 4.88. The van der Waals surface area contributed by atoms with Crippen LogP contribution in [-0.4, -0.2) is 22.8 Å². The summed E-state index contributed by atoms with van der Waals surface area (Å²) in [4.78, 5) is 8.36. The molecular formula is C10H6Cl2N4O2S2. The fraction of sp³-hybridized carbons (Fsp3) is 0. The Morgan fingerprint density at radius 2 is 2.10 bits per heavy atom. The molecule has 0 radical (unpaired) electrons. The number of nitrogens with zero attached hydrogens (tertiary/aromatic N) is 3. The Morgan fingerprint density at radius 1 is 1.30 bits per heavy atom. The second-order valence-corrected chi connectivity index (χ2v) is 7.00. The summed E-state index contributed by atoms with van der Waals surface area (Å²) in [6, 6.07) is 2.99. The smallest absolute Gasteiger partial charge is 0.278 e. The molecule has 0 aliphatic carbocycles. The van der Waals surface area contributed by atoms with Crippen molar-refractivity contribution in [2.75, 3.05) is 4.72 Å². The van der Waals surface area contributed by atoms with E-state index in [-0.39, 0.29) is 16.0 Å². The summed E-state index contributed by atoms with van der Waals surface area (Å²) in [5, 5.41) is 1.93. The van der Waals surface area contributed by atoms with Gasteiger partial charge in [-0.25, -0.2) is 9.97 Å². The molecule has 6 nitrogen and oxygen atoms in total. The number of halogens is 2. The second-order valence-electron chi connectivity index (χ2n) is 3.73. The molecule has 0 amide bonds. The summed E-state index contributed by atoms with van der Waals surface area (Å²) >= 11 is 12.9. The van der Waals surface area contributed by atoms with Gasteiger partial charge in [0, 0.05) is 17.8 Å². The van der Waals surface area contributed by atoms with Crippen LogP contribution in [0.4, 0.5) is 5.82 Å². The van der Waals surface area contributed by atoms with Gasteiger partial charge in [-0.3, -0.25) is 9.12 Å². The van der Waals surface area contributed by atoms with Crippen molar-refractivity contribution in [2.24, 2.45) is 0 Å². The summed E-state index contributed by atoms with van der Waals surface area (Å²) in [6.07, 6.45) is 2.93. The van der Waals surface area contributed by atoms with Gasteiger partial charge in [-0.15, -0.1) is 11.3 Å². The van der Waals surface area contributed by atoms with Crippen LogP contribution < -0.4 is 4.72 Å². The maximum absolute atomic E-state index is 12.4. The lowest BCUT2D eigenvalue weighted by molar-refractivity contribution is 0.596. The molecule has 0 spiro atoms. The van der Waals surface area contributed by atoms with Crippen LogP contribution >= 0.6 is 34.5 Å². The normalized spacial score (nSPS) is 11.9. The molecule has 20 heavy (non-hydrogen) atoms. The molecule has 3 aromatic rings. The number of hydrogen-bond donors (Lipinski definition) is 1. The molecule has 0 unspecified atom stereocenters. The van der Waals surface area contributed by atoms with E-state index >= 15 is 0 Å². The molecule has 104 valence electrons. The van der Waals surface area contributed by atoms with Gasteiger partial charge in [0.05, 0.1) is 5.02 Å². The number of anilines is 1. The van der Waals surface area contributed by atoms with Crippen molar-refractivity contribution in [3.8, 4) is 0 Å². The highest BCUT2D eigenvalue weighted by Crippen LogP contribution is 2.26. The molecule has 0 aliphatic rings. The zero-order valence-electron chi connectivity index (χ0n) is 9.62. The van der Waals surface area contributed by atoms with E-state index < -0.39 is 10.0 Å². The van der Waals surface area contributed by atoms with E-state index in [1.54, 1.807) is 11.6 Å². The van der Waals surface area contributed by atoms with E-state index in [0.29, 0.717) is 9.98 Å². The van der Waals surface area contributed by atoms with Crippen LogP contribution in [0.15, 0.2) is 34.9 Å².